The van der Waals surface area contributed by atoms with Crippen molar-refractivity contribution in [3.8, 4) is 0 Å². The highest BCUT2D eigenvalue weighted by molar-refractivity contribution is 7.93. The van der Waals surface area contributed by atoms with Gasteiger partial charge in [-0.05, 0) is 139 Å². The van der Waals surface area contributed by atoms with Crippen molar-refractivity contribution in [2.75, 3.05) is 24.7 Å². The highest BCUT2D eigenvalue weighted by atomic mass is 35.5. The number of carbonyl (C=O) groups excluding carboxylic acids is 4. The van der Waals surface area contributed by atoms with Gasteiger partial charge in [0.2, 0.25) is 0 Å². The number of ether oxygens (including phenoxy) is 2. The molecule has 0 aromatic heterocycles. The minimum Gasteiger partial charge on any atom is -0.396 e. The summed E-state index contributed by atoms with van der Waals surface area (Å²) in [5, 5.41) is 20.2. The second-order valence-corrected chi connectivity index (χ2v) is 28.6. The van der Waals surface area contributed by atoms with E-state index in [0.29, 0.717) is 42.3 Å². The number of aliphatic hydroxyl groups is 2. The van der Waals surface area contributed by atoms with E-state index in [1.54, 1.807) is 150 Å². The Bertz CT molecular complexity index is 2680. The minimum atomic E-state index is -3.60. The zero-order valence-electron chi connectivity index (χ0n) is 44.1. The number of rotatable bonds is 20. The number of aliphatic hydroxyl groups excluding tert-OH is 2. The quantitative estimate of drug-likeness (QED) is 0.0849. The molecule has 2 aliphatic heterocycles. The summed E-state index contributed by atoms with van der Waals surface area (Å²) in [7, 11) is -7.19. The van der Waals surface area contributed by atoms with Gasteiger partial charge in [0.1, 0.15) is 36.0 Å². The summed E-state index contributed by atoms with van der Waals surface area (Å²) >= 11 is 24.9. The highest BCUT2D eigenvalue weighted by Gasteiger charge is 2.50. The van der Waals surface area contributed by atoms with Crippen molar-refractivity contribution < 1.29 is 55.7 Å². The predicted octanol–water partition coefficient (Wildman–Crippen LogP) is 11.3. The smallest absolute Gasteiger partial charge is 0.253 e. The zero-order valence-corrected chi connectivity index (χ0v) is 48.8. The van der Waals surface area contributed by atoms with Crippen LogP contribution in [0.1, 0.15) is 148 Å². The third kappa shape index (κ3) is 17.0. The van der Waals surface area contributed by atoms with Crippen LogP contribution in [0.5, 0.6) is 0 Å². The van der Waals surface area contributed by atoms with E-state index in [-0.39, 0.29) is 82.2 Å². The lowest BCUT2D eigenvalue weighted by Crippen LogP contribution is -2.56. The monoisotopic (exact) mass is 1180 g/mol. The van der Waals surface area contributed by atoms with Gasteiger partial charge in [0.25, 0.3) is 11.8 Å². The zero-order chi connectivity index (χ0) is 56.5. The molecule has 14 nitrogen and oxygen atoms in total. The van der Waals surface area contributed by atoms with Gasteiger partial charge in [-0.2, -0.15) is 0 Å². The van der Waals surface area contributed by atoms with Crippen molar-refractivity contribution in [1.82, 2.24) is 9.80 Å². The maximum absolute atomic E-state index is 14.0. The summed E-state index contributed by atoms with van der Waals surface area (Å²) in [6.07, 6.45) is -3.27. The molecule has 77 heavy (non-hydrogen) atoms. The van der Waals surface area contributed by atoms with Crippen molar-refractivity contribution in [2.45, 2.75) is 159 Å². The van der Waals surface area contributed by atoms with Crippen molar-refractivity contribution in [3.63, 3.8) is 0 Å². The molecular weight excluding hydrogens is 1110 g/mol. The van der Waals surface area contributed by atoms with Gasteiger partial charge >= 0.3 is 0 Å². The fraction of sp³-hybridized carbons (Fsp3) is 0.509. The number of nitrogens with zero attached hydrogens (tertiary/aromatic N) is 2. The van der Waals surface area contributed by atoms with Gasteiger partial charge in [-0.25, -0.2) is 16.8 Å². The molecule has 0 saturated carbocycles. The SMILES string of the molecule is C.C[C@@H](CS(=O)(=O)C(C)(C)C)N1C(=O)[C@@H](CC(=O)CCCO)O[C@H](c2cccc(Cl)c2)[C@H]1c1ccc(Cl)cc1.C[C@@H](CS(=O)(=O)C(C)(C)C)N1C(=O)[C@H](CC(=O)CCCO)O[C@H](c2cccc(Cl)c2)[C@H]1c1ccc(Cl)cc1. The fourth-order valence-corrected chi connectivity index (χ4v) is 12.4. The first-order valence-electron chi connectivity index (χ1n) is 25.2. The van der Waals surface area contributed by atoms with Gasteiger partial charge in [-0.3, -0.25) is 19.2 Å². The Morgan fingerprint density at radius 3 is 1.16 bits per heavy atom. The summed E-state index contributed by atoms with van der Waals surface area (Å²) < 4.78 is 63.4. The molecule has 0 unspecified atom stereocenters. The number of carbonyl (C=O) groups is 4. The highest BCUT2D eigenvalue weighted by Crippen LogP contribution is 2.47. The van der Waals surface area contributed by atoms with Gasteiger partial charge < -0.3 is 29.5 Å². The third-order valence-corrected chi connectivity index (χ3v) is 20.0. The molecule has 2 aliphatic rings. The molecule has 4 aromatic rings. The van der Waals surface area contributed by atoms with Gasteiger partial charge in [0.15, 0.2) is 19.7 Å². The molecule has 424 valence electrons. The Morgan fingerprint density at radius 2 is 0.870 bits per heavy atom. The second-order valence-electron chi connectivity index (χ2n) is 21.3. The summed E-state index contributed by atoms with van der Waals surface area (Å²) in [6, 6.07) is 25.2. The molecule has 0 aliphatic carbocycles. The minimum absolute atomic E-state index is 0. The van der Waals surface area contributed by atoms with Gasteiger partial charge in [-0.15, -0.1) is 0 Å². The standard InChI is InChI=1S/2C28H35Cl2NO6S.CH4/c2*1-18(17-38(35,36)28(2,3)4)31-25(19-10-12-21(29)13-11-19)26(20-7-5-8-22(30)15-20)37-24(27(31)34)16-23(33)9-6-14-32;/h2*5,7-8,10-13,15,18,24-26,32H,6,9,14,16-17H2,1-4H3;1H4/t18-,24+,25+,26+;18-,24-,25+,26+;/m00./s1. The van der Waals surface area contributed by atoms with Crippen LogP contribution in [-0.4, -0.2) is 119 Å². The number of sulfone groups is 2. The van der Waals surface area contributed by atoms with Crippen molar-refractivity contribution in [2.24, 2.45) is 0 Å². The largest absolute Gasteiger partial charge is 0.396 e. The third-order valence-electron chi connectivity index (χ3n) is 13.4. The summed E-state index contributed by atoms with van der Waals surface area (Å²) in [4.78, 5) is 56.3. The second kappa shape index (κ2) is 28.0. The lowest BCUT2D eigenvalue weighted by Gasteiger charge is -2.47. The van der Waals surface area contributed by atoms with Crippen LogP contribution in [0.4, 0.5) is 0 Å². The average Bonchev–Trinajstić information content (AvgIpc) is 3.33. The van der Waals surface area contributed by atoms with Crippen molar-refractivity contribution >= 4 is 89.5 Å². The summed E-state index contributed by atoms with van der Waals surface area (Å²) in [5.41, 5.74) is 2.79. The van der Waals surface area contributed by atoms with E-state index in [1.807, 2.05) is 12.1 Å². The number of hydrogen-bond donors (Lipinski definition) is 2. The van der Waals surface area contributed by atoms with Crippen LogP contribution in [0.15, 0.2) is 97.1 Å². The normalized spacial score (nSPS) is 21.1. The Balaban J connectivity index is 0.000000328. The Kier molecular flexibility index (Phi) is 23.8. The maximum Gasteiger partial charge on any atom is 0.253 e. The lowest BCUT2D eigenvalue weighted by atomic mass is 9.90. The topological polar surface area (TPSA) is 202 Å². The van der Waals surface area contributed by atoms with Crippen LogP contribution >= 0.6 is 46.4 Å². The van der Waals surface area contributed by atoms with Gasteiger partial charge in [0, 0.05) is 71.1 Å². The number of ketones is 2. The molecule has 8 atom stereocenters. The number of morpholine rings is 2. The number of amides is 2. The molecule has 0 spiro atoms. The average molecular weight is 1190 g/mol. The van der Waals surface area contributed by atoms with Crippen LogP contribution in [-0.2, 0) is 48.3 Å². The first-order valence-corrected chi connectivity index (χ1v) is 30.0. The van der Waals surface area contributed by atoms with E-state index in [1.165, 1.54) is 0 Å². The van der Waals surface area contributed by atoms with Crippen LogP contribution in [0.2, 0.25) is 20.1 Å². The number of halogens is 4. The Labute approximate surface area is 475 Å². The number of Topliss-reactive ketones (excluding diaryl/α,β-unsaturated/α-hetero) is 2. The molecule has 4 aromatic carbocycles. The van der Waals surface area contributed by atoms with Crippen LogP contribution in [0.3, 0.4) is 0 Å². The Morgan fingerprint density at radius 1 is 0.545 bits per heavy atom. The molecule has 0 radical (unpaired) electrons. The molecule has 2 heterocycles. The van der Waals surface area contributed by atoms with Gasteiger partial charge in [-0.1, -0.05) is 102 Å². The molecule has 6 rings (SSSR count). The first-order chi connectivity index (χ1) is 35.5. The van der Waals surface area contributed by atoms with Crippen LogP contribution in [0.25, 0.3) is 0 Å². The Hall–Kier alpha value is -3.94. The molecular formula is C57H74Cl4N2O12S2. The molecule has 2 fully saturated rings. The molecule has 20 heteroatoms. The number of benzene rings is 4. The van der Waals surface area contributed by atoms with E-state index >= 15 is 0 Å². The fourth-order valence-electron chi connectivity index (χ4n) is 9.12. The van der Waals surface area contributed by atoms with E-state index in [2.05, 4.69) is 0 Å². The van der Waals surface area contributed by atoms with Gasteiger partial charge in [0.05, 0.1) is 33.1 Å². The van der Waals surface area contributed by atoms with Crippen LogP contribution < -0.4 is 0 Å². The first kappa shape index (κ1) is 65.6. The van der Waals surface area contributed by atoms with Crippen molar-refractivity contribution in [3.05, 3.63) is 139 Å². The summed E-state index contributed by atoms with van der Waals surface area (Å²) in [5.74, 6) is -1.89. The van der Waals surface area contributed by atoms with E-state index < -0.39 is 89.6 Å². The molecule has 2 N–H and O–H groups in total. The maximum atomic E-state index is 14.0. The molecule has 0 bridgehead atoms. The summed E-state index contributed by atoms with van der Waals surface area (Å²) in [6.45, 7) is 12.9. The molecule has 2 saturated heterocycles. The van der Waals surface area contributed by atoms with Crippen molar-refractivity contribution in [1.29, 1.82) is 0 Å². The van der Waals surface area contributed by atoms with E-state index in [9.17, 15) is 36.0 Å². The van der Waals surface area contributed by atoms with E-state index in [0.717, 1.165) is 0 Å². The lowest BCUT2D eigenvalue weighted by molar-refractivity contribution is -0.179. The van der Waals surface area contributed by atoms with E-state index in [4.69, 9.17) is 66.1 Å². The van der Waals surface area contributed by atoms with Crippen LogP contribution in [0, 0.1) is 0 Å². The number of hydrogen-bond acceptors (Lipinski definition) is 12. The predicted molar refractivity (Wildman–Crippen MR) is 305 cm³/mol. The molecule has 2 amide bonds.